The number of rotatable bonds is 5. The standard InChI is InChI=1S/C26H22N4OS2/c1-19-12-14-21(15-13-19)23-17-32-25(30(23)22-10-6-3-7-11-22)28-27-24-18-33-26(31)29(24)16-20-8-4-2-5-9-20/h2-15,17H,16,18H2,1H3/b27-24-,28-25+. The third-order valence-corrected chi connectivity index (χ3v) is 7.05. The van der Waals surface area contributed by atoms with Crippen molar-refractivity contribution in [2.24, 2.45) is 10.2 Å². The number of nitrogens with zero attached hydrogens (tertiary/aromatic N) is 4. The van der Waals surface area contributed by atoms with Crippen LogP contribution in [0.5, 0.6) is 0 Å². The average Bonchev–Trinajstić information content (AvgIpc) is 3.43. The zero-order valence-corrected chi connectivity index (χ0v) is 19.7. The number of thioether (sulfide) groups is 1. The number of carbonyl (C=O) groups excluding carboxylic acids is 1. The molecule has 0 unspecified atom stereocenters. The lowest BCUT2D eigenvalue weighted by atomic mass is 10.1. The summed E-state index contributed by atoms with van der Waals surface area (Å²) in [4.78, 5) is 14.9. The lowest BCUT2D eigenvalue weighted by molar-refractivity contribution is 0.244. The summed E-state index contributed by atoms with van der Waals surface area (Å²) in [6.07, 6.45) is 0. The van der Waals surface area contributed by atoms with Gasteiger partial charge in [0.15, 0.2) is 0 Å². The van der Waals surface area contributed by atoms with Crippen LogP contribution in [0.1, 0.15) is 11.1 Å². The Kier molecular flexibility index (Phi) is 6.24. The summed E-state index contributed by atoms with van der Waals surface area (Å²) in [6, 6.07) is 28.6. The van der Waals surface area contributed by atoms with Crippen molar-refractivity contribution in [1.82, 2.24) is 9.47 Å². The Hall–Kier alpha value is -3.42. The highest BCUT2D eigenvalue weighted by Gasteiger charge is 2.28. The molecule has 0 atom stereocenters. The van der Waals surface area contributed by atoms with Crippen LogP contribution in [0.15, 0.2) is 101 Å². The zero-order chi connectivity index (χ0) is 22.6. The van der Waals surface area contributed by atoms with Gasteiger partial charge >= 0.3 is 0 Å². The highest BCUT2D eigenvalue weighted by atomic mass is 32.2. The minimum absolute atomic E-state index is 0.00950. The first kappa shape index (κ1) is 21.4. The summed E-state index contributed by atoms with van der Waals surface area (Å²) < 4.78 is 2.12. The molecule has 0 radical (unpaired) electrons. The Morgan fingerprint density at radius 3 is 2.30 bits per heavy atom. The van der Waals surface area contributed by atoms with Crippen molar-refractivity contribution in [2.75, 3.05) is 5.75 Å². The Bertz CT molecular complexity index is 1360. The molecule has 0 spiro atoms. The number of thiazole rings is 1. The Balaban J connectivity index is 1.56. The summed E-state index contributed by atoms with van der Waals surface area (Å²) in [5, 5.41) is 11.3. The predicted octanol–water partition coefficient (Wildman–Crippen LogP) is 6.10. The minimum atomic E-state index is 0.00950. The molecule has 1 fully saturated rings. The van der Waals surface area contributed by atoms with Crippen molar-refractivity contribution in [3.8, 4) is 16.9 Å². The molecule has 0 saturated carbocycles. The third-order valence-electron chi connectivity index (χ3n) is 5.36. The predicted molar refractivity (Wildman–Crippen MR) is 137 cm³/mol. The van der Waals surface area contributed by atoms with Crippen LogP contribution >= 0.6 is 23.1 Å². The molecule has 0 bridgehead atoms. The van der Waals surface area contributed by atoms with E-state index in [9.17, 15) is 4.79 Å². The van der Waals surface area contributed by atoms with Gasteiger partial charge in [-0.3, -0.25) is 14.3 Å². The number of amides is 1. The van der Waals surface area contributed by atoms with Crippen LogP contribution in [0.2, 0.25) is 0 Å². The van der Waals surface area contributed by atoms with E-state index in [2.05, 4.69) is 63.5 Å². The fourth-order valence-electron chi connectivity index (χ4n) is 3.63. The molecule has 5 nitrogen and oxygen atoms in total. The van der Waals surface area contributed by atoms with Crippen molar-refractivity contribution in [2.45, 2.75) is 13.5 Å². The van der Waals surface area contributed by atoms with Crippen molar-refractivity contribution in [1.29, 1.82) is 0 Å². The molecule has 5 rings (SSSR count). The summed E-state index contributed by atoms with van der Waals surface area (Å²) >= 11 is 2.80. The van der Waals surface area contributed by atoms with Crippen molar-refractivity contribution < 1.29 is 4.79 Å². The lowest BCUT2D eigenvalue weighted by Crippen LogP contribution is -2.28. The molecule has 0 N–H and O–H groups in total. The van der Waals surface area contributed by atoms with Crippen molar-refractivity contribution >= 4 is 34.2 Å². The van der Waals surface area contributed by atoms with Gasteiger partial charge in [0.25, 0.3) is 5.24 Å². The molecule has 33 heavy (non-hydrogen) atoms. The van der Waals surface area contributed by atoms with Gasteiger partial charge in [0.1, 0.15) is 5.84 Å². The van der Waals surface area contributed by atoms with E-state index in [4.69, 9.17) is 0 Å². The molecule has 3 aromatic carbocycles. The second kappa shape index (κ2) is 9.60. The second-order valence-electron chi connectivity index (χ2n) is 7.68. The van der Waals surface area contributed by atoms with Crippen LogP contribution in [-0.2, 0) is 6.54 Å². The normalized spacial score (nSPS) is 15.5. The largest absolute Gasteiger partial charge is 0.287 e. The van der Waals surface area contributed by atoms with E-state index in [0.717, 1.165) is 27.3 Å². The highest BCUT2D eigenvalue weighted by molar-refractivity contribution is 8.14. The molecule has 1 aliphatic rings. The van der Waals surface area contributed by atoms with Crippen LogP contribution in [-0.4, -0.2) is 26.3 Å². The van der Waals surface area contributed by atoms with Gasteiger partial charge in [-0.05, 0) is 30.2 Å². The number of carbonyl (C=O) groups is 1. The van der Waals surface area contributed by atoms with E-state index >= 15 is 0 Å². The summed E-state index contributed by atoms with van der Waals surface area (Å²) in [6.45, 7) is 2.58. The summed E-state index contributed by atoms with van der Waals surface area (Å²) in [5.74, 6) is 1.20. The zero-order valence-electron chi connectivity index (χ0n) is 18.1. The maximum absolute atomic E-state index is 12.5. The maximum atomic E-state index is 12.5. The quantitative estimate of drug-likeness (QED) is 0.331. The lowest BCUT2D eigenvalue weighted by Gasteiger charge is -2.15. The maximum Gasteiger partial charge on any atom is 0.287 e. The highest BCUT2D eigenvalue weighted by Crippen LogP contribution is 2.25. The SMILES string of the molecule is Cc1ccc(-c2cs/c(=N/N=C3/CSC(=O)N3Cc3ccccc3)n2-c2ccccc2)cc1. The first-order valence-electron chi connectivity index (χ1n) is 10.6. The molecular formula is C26H22N4OS2. The molecule has 1 aromatic heterocycles. The van der Waals surface area contributed by atoms with Crippen LogP contribution in [0, 0.1) is 6.92 Å². The number of hydrogen-bond donors (Lipinski definition) is 0. The van der Waals surface area contributed by atoms with Crippen LogP contribution in [0.25, 0.3) is 16.9 Å². The number of benzene rings is 3. The molecule has 4 aromatic rings. The van der Waals surface area contributed by atoms with Gasteiger partial charge in [0.2, 0.25) is 4.80 Å². The van der Waals surface area contributed by atoms with E-state index in [-0.39, 0.29) is 5.24 Å². The minimum Gasteiger partial charge on any atom is -0.284 e. The summed E-state index contributed by atoms with van der Waals surface area (Å²) in [7, 11) is 0. The van der Waals surface area contributed by atoms with E-state index < -0.39 is 0 Å². The van der Waals surface area contributed by atoms with Gasteiger partial charge in [0, 0.05) is 11.1 Å². The molecule has 7 heteroatoms. The number of aryl methyl sites for hydroxylation is 1. The monoisotopic (exact) mass is 470 g/mol. The fraction of sp³-hybridized carbons (Fsp3) is 0.115. The van der Waals surface area contributed by atoms with E-state index in [1.165, 1.54) is 28.7 Å². The number of hydrogen-bond acceptors (Lipinski definition) is 5. The van der Waals surface area contributed by atoms with Crippen LogP contribution in [0.3, 0.4) is 0 Å². The number of aromatic nitrogens is 1. The summed E-state index contributed by atoms with van der Waals surface area (Å²) in [5.41, 5.74) is 5.48. The third kappa shape index (κ3) is 4.69. The number of para-hydroxylation sites is 1. The Morgan fingerprint density at radius 2 is 1.58 bits per heavy atom. The van der Waals surface area contributed by atoms with Gasteiger partial charge in [0.05, 0.1) is 18.0 Å². The first-order valence-corrected chi connectivity index (χ1v) is 12.5. The molecular weight excluding hydrogens is 448 g/mol. The van der Waals surface area contributed by atoms with Crippen LogP contribution < -0.4 is 4.80 Å². The van der Waals surface area contributed by atoms with Gasteiger partial charge in [-0.1, -0.05) is 90.1 Å². The Labute approximate surface area is 200 Å². The molecule has 2 heterocycles. The fourth-order valence-corrected chi connectivity index (χ4v) is 5.27. The average molecular weight is 471 g/mol. The van der Waals surface area contributed by atoms with Gasteiger partial charge < -0.3 is 0 Å². The topological polar surface area (TPSA) is 50.0 Å². The second-order valence-corrected chi connectivity index (χ2v) is 9.45. The molecule has 1 amide bonds. The Morgan fingerprint density at radius 1 is 0.879 bits per heavy atom. The molecule has 164 valence electrons. The van der Waals surface area contributed by atoms with Gasteiger partial charge in [-0.15, -0.1) is 21.5 Å². The first-order chi connectivity index (χ1) is 16.2. The van der Waals surface area contributed by atoms with Gasteiger partial charge in [-0.2, -0.15) is 0 Å². The number of amidine groups is 1. The smallest absolute Gasteiger partial charge is 0.284 e. The van der Waals surface area contributed by atoms with Gasteiger partial charge in [-0.25, -0.2) is 0 Å². The molecule has 0 aliphatic carbocycles. The van der Waals surface area contributed by atoms with Crippen molar-refractivity contribution in [3.63, 3.8) is 0 Å². The van der Waals surface area contributed by atoms with E-state index in [0.29, 0.717) is 18.1 Å². The van der Waals surface area contributed by atoms with E-state index in [1.807, 2.05) is 48.5 Å². The van der Waals surface area contributed by atoms with Crippen molar-refractivity contribution in [3.05, 3.63) is 106 Å². The molecule has 1 saturated heterocycles. The van der Waals surface area contributed by atoms with E-state index in [1.54, 1.807) is 4.90 Å². The van der Waals surface area contributed by atoms with Crippen LogP contribution in [0.4, 0.5) is 4.79 Å². The molecule has 1 aliphatic heterocycles.